The number of anilines is 1. The maximum Gasteiger partial charge on any atom is 0.142 e. The molecule has 0 spiro atoms. The Hall–Kier alpha value is -2.77. The predicted molar refractivity (Wildman–Crippen MR) is 147 cm³/mol. The zero-order chi connectivity index (χ0) is 25.5. The molecule has 0 aromatic heterocycles. The number of hydrogen-bond donors (Lipinski definition) is 1. The van der Waals surface area contributed by atoms with Crippen molar-refractivity contribution in [3.63, 3.8) is 0 Å². The normalized spacial score (nSPS) is 19.2. The Balaban J connectivity index is 1.22. The average molecular weight is 523 g/mol. The van der Waals surface area contributed by atoms with Gasteiger partial charge in [-0.25, -0.2) is 0 Å². The topological polar surface area (TPSA) is 52.2 Å². The van der Waals surface area contributed by atoms with Gasteiger partial charge < -0.3 is 29.2 Å². The molecule has 0 bridgehead atoms. The fourth-order valence-electron chi connectivity index (χ4n) is 5.05. The van der Waals surface area contributed by atoms with E-state index in [9.17, 15) is 0 Å². The molecule has 1 N–H and O–H groups in total. The largest absolute Gasteiger partial charge is 0.490 e. The molecule has 2 aliphatic heterocycles. The number of fused-ring (bicyclic) bond motifs is 1. The van der Waals surface area contributed by atoms with Crippen LogP contribution in [-0.2, 0) is 16.1 Å². The first-order chi connectivity index (χ1) is 18.2. The van der Waals surface area contributed by atoms with Crippen LogP contribution in [0, 0.1) is 0 Å². The summed E-state index contributed by atoms with van der Waals surface area (Å²) < 4.78 is 23.6. The van der Waals surface area contributed by atoms with E-state index in [1.807, 2.05) is 36.4 Å². The lowest BCUT2D eigenvalue weighted by Crippen LogP contribution is -2.41. The van der Waals surface area contributed by atoms with Crippen molar-refractivity contribution in [2.45, 2.75) is 31.5 Å². The molecule has 0 radical (unpaired) electrons. The first-order valence-corrected chi connectivity index (χ1v) is 13.4. The lowest BCUT2D eigenvalue weighted by molar-refractivity contribution is 0.0106. The molecule has 5 rings (SSSR count). The van der Waals surface area contributed by atoms with Gasteiger partial charge >= 0.3 is 0 Å². The van der Waals surface area contributed by atoms with E-state index < -0.39 is 0 Å². The molecule has 0 unspecified atom stereocenters. The Bertz CT molecular complexity index is 1140. The van der Waals surface area contributed by atoms with Gasteiger partial charge in [-0.2, -0.15) is 0 Å². The number of nitrogens with one attached hydrogen (secondary N) is 1. The molecule has 37 heavy (non-hydrogen) atoms. The third-order valence-electron chi connectivity index (χ3n) is 7.01. The fraction of sp³-hybridized carbons (Fsp3) is 0.400. The summed E-state index contributed by atoms with van der Waals surface area (Å²) in [5.41, 5.74) is 3.59. The van der Waals surface area contributed by atoms with E-state index in [1.165, 1.54) is 5.56 Å². The summed E-state index contributed by atoms with van der Waals surface area (Å²) in [6, 6.07) is 22.2. The highest BCUT2D eigenvalue weighted by Crippen LogP contribution is 2.34. The van der Waals surface area contributed by atoms with Crippen molar-refractivity contribution in [1.29, 1.82) is 0 Å². The lowest BCUT2D eigenvalue weighted by Gasteiger charge is -2.33. The minimum atomic E-state index is 0.0990. The molecule has 1 fully saturated rings. The number of methoxy groups -OCH3 is 1. The van der Waals surface area contributed by atoms with Gasteiger partial charge in [0.15, 0.2) is 0 Å². The molecule has 2 aliphatic rings. The van der Waals surface area contributed by atoms with Gasteiger partial charge in [0.05, 0.1) is 24.9 Å². The van der Waals surface area contributed by atoms with Gasteiger partial charge in [0.1, 0.15) is 23.9 Å². The number of nitrogens with zero attached hydrogens (tertiary/aromatic N) is 1. The van der Waals surface area contributed by atoms with Crippen LogP contribution in [0.5, 0.6) is 17.2 Å². The second-order valence-corrected chi connectivity index (χ2v) is 9.99. The van der Waals surface area contributed by atoms with Crippen LogP contribution in [0.3, 0.4) is 0 Å². The first-order valence-electron chi connectivity index (χ1n) is 13.0. The van der Waals surface area contributed by atoms with Gasteiger partial charge in [-0.1, -0.05) is 29.8 Å². The molecule has 196 valence electrons. The average Bonchev–Trinajstić information content (AvgIpc) is 2.94. The predicted octanol–water partition coefficient (Wildman–Crippen LogP) is 6.03. The van der Waals surface area contributed by atoms with E-state index in [-0.39, 0.29) is 6.10 Å². The zero-order valence-electron chi connectivity index (χ0n) is 21.3. The van der Waals surface area contributed by atoms with E-state index in [0.717, 1.165) is 80.7 Å². The second kappa shape index (κ2) is 12.7. The molecule has 3 aromatic rings. The minimum Gasteiger partial charge on any atom is -0.490 e. The quantitative estimate of drug-likeness (QED) is 0.328. The fourth-order valence-corrected chi connectivity index (χ4v) is 5.18. The highest BCUT2D eigenvalue weighted by molar-refractivity contribution is 6.30. The summed E-state index contributed by atoms with van der Waals surface area (Å²) in [5, 5.41) is 4.20. The molecule has 1 saturated heterocycles. The molecular formula is C30H35ClN2O4. The summed E-state index contributed by atoms with van der Waals surface area (Å²) in [6.45, 7) is 5.73. The van der Waals surface area contributed by atoms with Crippen LogP contribution in [0.15, 0.2) is 66.7 Å². The standard InChI is InChI=1S/C30H35ClN2O4/c1-34-17-2-15-33-16-18-35-29-12-3-22(19-28(29)33)21-36-30-20-32-14-13-27(30)23-4-8-25(9-5-23)37-26-10-6-24(31)7-11-26/h3-12,19,27,30,32H,2,13-18,20-21H2,1H3/t27-,30+/m1/s1. The van der Waals surface area contributed by atoms with E-state index in [1.54, 1.807) is 7.11 Å². The molecule has 2 heterocycles. The van der Waals surface area contributed by atoms with Crippen molar-refractivity contribution in [2.24, 2.45) is 0 Å². The molecule has 2 atom stereocenters. The highest BCUT2D eigenvalue weighted by Gasteiger charge is 2.27. The SMILES string of the molecule is COCCCN1CCOc2ccc(CO[C@H]3CNCC[C@@H]3c3ccc(Oc4ccc(Cl)cc4)cc3)cc21. The monoisotopic (exact) mass is 522 g/mol. The van der Waals surface area contributed by atoms with Gasteiger partial charge in [0, 0.05) is 37.7 Å². The van der Waals surface area contributed by atoms with Gasteiger partial charge in [-0.3, -0.25) is 0 Å². The van der Waals surface area contributed by atoms with Crippen molar-refractivity contribution in [2.75, 3.05) is 51.4 Å². The van der Waals surface area contributed by atoms with Gasteiger partial charge in [0.25, 0.3) is 0 Å². The molecule has 3 aromatic carbocycles. The number of benzene rings is 3. The summed E-state index contributed by atoms with van der Waals surface area (Å²) in [4.78, 5) is 2.39. The van der Waals surface area contributed by atoms with Crippen molar-refractivity contribution in [3.8, 4) is 17.2 Å². The molecule has 0 amide bonds. The number of ether oxygens (including phenoxy) is 4. The van der Waals surface area contributed by atoms with Crippen LogP contribution in [0.25, 0.3) is 0 Å². The Kier molecular flexibility index (Phi) is 8.84. The number of hydrogen-bond acceptors (Lipinski definition) is 6. The highest BCUT2D eigenvalue weighted by atomic mass is 35.5. The minimum absolute atomic E-state index is 0.0990. The Morgan fingerprint density at radius 2 is 1.81 bits per heavy atom. The molecule has 6 nitrogen and oxygen atoms in total. The van der Waals surface area contributed by atoms with E-state index >= 15 is 0 Å². The lowest BCUT2D eigenvalue weighted by atomic mass is 9.87. The van der Waals surface area contributed by atoms with Crippen molar-refractivity contribution >= 4 is 17.3 Å². The number of halogens is 1. The van der Waals surface area contributed by atoms with E-state index in [0.29, 0.717) is 17.5 Å². The third kappa shape index (κ3) is 6.76. The molecule has 0 aliphatic carbocycles. The van der Waals surface area contributed by atoms with Gasteiger partial charge in [0.2, 0.25) is 0 Å². The van der Waals surface area contributed by atoms with Crippen molar-refractivity contribution in [3.05, 3.63) is 82.9 Å². The van der Waals surface area contributed by atoms with Crippen molar-refractivity contribution in [1.82, 2.24) is 5.32 Å². The van der Waals surface area contributed by atoms with E-state index in [2.05, 4.69) is 40.5 Å². The summed E-state index contributed by atoms with van der Waals surface area (Å²) in [7, 11) is 1.75. The molecular weight excluding hydrogens is 488 g/mol. The van der Waals surface area contributed by atoms with Gasteiger partial charge in [-0.05, 0) is 79.0 Å². The van der Waals surface area contributed by atoms with Crippen LogP contribution in [0.2, 0.25) is 5.02 Å². The van der Waals surface area contributed by atoms with Crippen LogP contribution in [0.1, 0.15) is 29.9 Å². The van der Waals surface area contributed by atoms with E-state index in [4.69, 9.17) is 30.5 Å². The summed E-state index contributed by atoms with van der Waals surface area (Å²) >= 11 is 5.98. The Morgan fingerprint density at radius 3 is 2.59 bits per heavy atom. The second-order valence-electron chi connectivity index (χ2n) is 9.56. The van der Waals surface area contributed by atoms with Crippen LogP contribution in [-0.4, -0.2) is 52.6 Å². The molecule has 0 saturated carbocycles. The zero-order valence-corrected chi connectivity index (χ0v) is 22.1. The van der Waals surface area contributed by atoms with Crippen LogP contribution < -0.4 is 19.7 Å². The summed E-state index contributed by atoms with van der Waals surface area (Å²) in [5.74, 6) is 2.86. The number of piperidine rings is 1. The summed E-state index contributed by atoms with van der Waals surface area (Å²) in [6.07, 6.45) is 2.13. The molecule has 7 heteroatoms. The first kappa shape index (κ1) is 25.9. The maximum absolute atomic E-state index is 6.51. The van der Waals surface area contributed by atoms with Gasteiger partial charge in [-0.15, -0.1) is 0 Å². The third-order valence-corrected chi connectivity index (χ3v) is 7.26. The number of rotatable bonds is 10. The Labute approximate surface area is 224 Å². The van der Waals surface area contributed by atoms with Crippen molar-refractivity contribution < 1.29 is 18.9 Å². The van der Waals surface area contributed by atoms with Crippen LogP contribution >= 0.6 is 11.6 Å². The van der Waals surface area contributed by atoms with Crippen LogP contribution in [0.4, 0.5) is 5.69 Å². The smallest absolute Gasteiger partial charge is 0.142 e. The Morgan fingerprint density at radius 1 is 1.03 bits per heavy atom. The maximum atomic E-state index is 6.51.